The van der Waals surface area contributed by atoms with E-state index in [0.29, 0.717) is 5.92 Å². The Bertz CT molecular complexity index is 217. The molecule has 0 aromatic rings. The molecule has 2 atom stereocenters. The minimum absolute atomic E-state index is 0.00148. The minimum Gasteiger partial charge on any atom is -0.460 e. The summed E-state index contributed by atoms with van der Waals surface area (Å²) < 4.78 is 5.29. The highest BCUT2D eigenvalue weighted by Crippen LogP contribution is 2.39. The Labute approximate surface area is 91.8 Å². The van der Waals surface area contributed by atoms with Crippen molar-refractivity contribution in [1.29, 1.82) is 0 Å². The molecule has 88 valence electrons. The third-order valence-electron chi connectivity index (χ3n) is 3.23. The number of hydrogen-bond acceptors (Lipinski definition) is 3. The zero-order valence-electron chi connectivity index (χ0n) is 9.95. The van der Waals surface area contributed by atoms with Gasteiger partial charge in [0.15, 0.2) is 0 Å². The van der Waals surface area contributed by atoms with Gasteiger partial charge in [-0.15, -0.1) is 0 Å². The van der Waals surface area contributed by atoms with Crippen LogP contribution in [0, 0.1) is 11.3 Å². The van der Waals surface area contributed by atoms with E-state index in [1.165, 1.54) is 6.42 Å². The van der Waals surface area contributed by atoms with Crippen molar-refractivity contribution >= 4 is 5.97 Å². The van der Waals surface area contributed by atoms with Crippen molar-refractivity contribution in [2.75, 3.05) is 6.61 Å². The molecule has 2 unspecified atom stereocenters. The van der Waals surface area contributed by atoms with Crippen molar-refractivity contribution in [3.8, 4) is 0 Å². The third-order valence-corrected chi connectivity index (χ3v) is 3.23. The fourth-order valence-corrected chi connectivity index (χ4v) is 2.43. The lowest BCUT2D eigenvalue weighted by molar-refractivity contribution is -0.159. The fraction of sp³-hybridized carbons (Fsp3) is 0.917. The lowest BCUT2D eigenvalue weighted by atomic mass is 9.71. The van der Waals surface area contributed by atoms with Gasteiger partial charge in [0.05, 0.1) is 0 Å². The summed E-state index contributed by atoms with van der Waals surface area (Å²) in [4.78, 5) is 11.1. The summed E-state index contributed by atoms with van der Waals surface area (Å²) in [5.41, 5.74) is 0.167. The van der Waals surface area contributed by atoms with Crippen LogP contribution in [0.15, 0.2) is 0 Å². The van der Waals surface area contributed by atoms with Gasteiger partial charge in [-0.3, -0.25) is 0 Å². The number of ether oxygens (including phenoxy) is 1. The molecule has 0 heterocycles. The molecule has 0 bridgehead atoms. The van der Waals surface area contributed by atoms with Crippen molar-refractivity contribution in [2.45, 2.75) is 52.6 Å². The van der Waals surface area contributed by atoms with Crippen LogP contribution in [0.4, 0.5) is 0 Å². The predicted molar refractivity (Wildman–Crippen MR) is 58.4 cm³/mol. The maximum absolute atomic E-state index is 11.1. The van der Waals surface area contributed by atoms with Crippen molar-refractivity contribution < 1.29 is 14.6 Å². The van der Waals surface area contributed by atoms with Gasteiger partial charge < -0.3 is 9.84 Å². The largest absolute Gasteiger partial charge is 0.460 e. The molecular weight excluding hydrogens is 192 g/mol. The Kier molecular flexibility index (Phi) is 4.14. The summed E-state index contributed by atoms with van der Waals surface area (Å²) in [5, 5.41) is 8.68. The van der Waals surface area contributed by atoms with Crippen LogP contribution in [0.1, 0.15) is 46.5 Å². The number of aliphatic hydroxyl groups excluding tert-OH is 1. The first-order chi connectivity index (χ1) is 6.95. The molecule has 0 radical (unpaired) electrons. The van der Waals surface area contributed by atoms with Crippen molar-refractivity contribution in [3.63, 3.8) is 0 Å². The standard InChI is InChI=1S/C12H22O3/c1-12(2,3)9-6-4-5-7-10(9)15-11(14)8-13/h9-10,13H,4-8H2,1-3H3. The van der Waals surface area contributed by atoms with Gasteiger partial charge in [-0.1, -0.05) is 27.2 Å². The SMILES string of the molecule is CC(C)(C)C1CCCCC1OC(=O)CO. The zero-order valence-corrected chi connectivity index (χ0v) is 9.95. The van der Waals surface area contributed by atoms with Crippen LogP contribution in [-0.4, -0.2) is 23.8 Å². The molecular formula is C12H22O3. The van der Waals surface area contributed by atoms with Gasteiger partial charge in [0.25, 0.3) is 0 Å². The van der Waals surface area contributed by atoms with E-state index in [0.717, 1.165) is 19.3 Å². The summed E-state index contributed by atoms with van der Waals surface area (Å²) >= 11 is 0. The highest BCUT2D eigenvalue weighted by atomic mass is 16.6. The van der Waals surface area contributed by atoms with Crippen LogP contribution in [0.25, 0.3) is 0 Å². The molecule has 1 saturated carbocycles. The molecule has 3 heteroatoms. The first-order valence-electron chi connectivity index (χ1n) is 5.75. The van der Waals surface area contributed by atoms with E-state index >= 15 is 0 Å². The van der Waals surface area contributed by atoms with Crippen LogP contribution < -0.4 is 0 Å². The molecule has 1 aliphatic carbocycles. The summed E-state index contributed by atoms with van der Waals surface area (Å²) in [6, 6.07) is 0. The fourth-order valence-electron chi connectivity index (χ4n) is 2.43. The maximum atomic E-state index is 11.1. The monoisotopic (exact) mass is 214 g/mol. The molecule has 0 aliphatic heterocycles. The Hall–Kier alpha value is -0.570. The van der Waals surface area contributed by atoms with E-state index in [-0.39, 0.29) is 11.5 Å². The van der Waals surface area contributed by atoms with Crippen molar-refractivity contribution in [2.24, 2.45) is 11.3 Å². The number of esters is 1. The van der Waals surface area contributed by atoms with Crippen LogP contribution >= 0.6 is 0 Å². The van der Waals surface area contributed by atoms with Crippen LogP contribution in [0.5, 0.6) is 0 Å². The topological polar surface area (TPSA) is 46.5 Å². The smallest absolute Gasteiger partial charge is 0.332 e. The van der Waals surface area contributed by atoms with Gasteiger partial charge in [-0.05, 0) is 24.7 Å². The molecule has 1 fully saturated rings. The lowest BCUT2D eigenvalue weighted by Gasteiger charge is -2.39. The molecule has 0 aromatic carbocycles. The molecule has 0 aromatic heterocycles. The second-order valence-electron chi connectivity index (χ2n) is 5.44. The molecule has 1 N–H and O–H groups in total. The average Bonchev–Trinajstić information content (AvgIpc) is 2.17. The average molecular weight is 214 g/mol. The number of rotatable bonds is 2. The summed E-state index contributed by atoms with van der Waals surface area (Å²) in [6.45, 7) is 6.04. The van der Waals surface area contributed by atoms with E-state index in [1.54, 1.807) is 0 Å². The molecule has 0 saturated heterocycles. The normalized spacial score (nSPS) is 27.5. The number of carbonyl (C=O) groups is 1. The van der Waals surface area contributed by atoms with Gasteiger partial charge >= 0.3 is 5.97 Å². The molecule has 0 spiro atoms. The van der Waals surface area contributed by atoms with E-state index in [1.807, 2.05) is 0 Å². The predicted octanol–water partition coefficient (Wildman–Crippen LogP) is 2.13. The number of hydrogen-bond donors (Lipinski definition) is 1. The zero-order chi connectivity index (χ0) is 11.5. The van der Waals surface area contributed by atoms with Gasteiger partial charge in [-0.2, -0.15) is 0 Å². The second-order valence-corrected chi connectivity index (χ2v) is 5.44. The lowest BCUT2D eigenvalue weighted by Crippen LogP contribution is -2.38. The molecule has 1 rings (SSSR count). The molecule has 0 amide bonds. The third kappa shape index (κ3) is 3.49. The summed E-state index contributed by atoms with van der Waals surface area (Å²) in [7, 11) is 0. The van der Waals surface area contributed by atoms with Crippen LogP contribution in [0.2, 0.25) is 0 Å². The van der Waals surface area contributed by atoms with Crippen LogP contribution in [0.3, 0.4) is 0 Å². The van der Waals surface area contributed by atoms with E-state index < -0.39 is 12.6 Å². The first-order valence-corrected chi connectivity index (χ1v) is 5.75. The Balaban J connectivity index is 2.62. The Morgan fingerprint density at radius 2 is 1.93 bits per heavy atom. The maximum Gasteiger partial charge on any atom is 0.332 e. The van der Waals surface area contributed by atoms with Gasteiger partial charge in [0, 0.05) is 5.92 Å². The van der Waals surface area contributed by atoms with E-state index in [4.69, 9.17) is 9.84 Å². The van der Waals surface area contributed by atoms with Gasteiger partial charge in [0.1, 0.15) is 12.7 Å². The second kappa shape index (κ2) is 4.97. The highest BCUT2D eigenvalue weighted by molar-refractivity contribution is 5.70. The summed E-state index contributed by atoms with van der Waals surface area (Å²) in [5.74, 6) is -0.0714. The Morgan fingerprint density at radius 1 is 1.33 bits per heavy atom. The summed E-state index contributed by atoms with van der Waals surface area (Å²) in [6.07, 6.45) is 4.39. The quantitative estimate of drug-likeness (QED) is 0.716. The van der Waals surface area contributed by atoms with Crippen molar-refractivity contribution in [3.05, 3.63) is 0 Å². The highest BCUT2D eigenvalue weighted by Gasteiger charge is 2.36. The van der Waals surface area contributed by atoms with Crippen LogP contribution in [-0.2, 0) is 9.53 Å². The molecule has 3 nitrogen and oxygen atoms in total. The van der Waals surface area contributed by atoms with Crippen molar-refractivity contribution in [1.82, 2.24) is 0 Å². The van der Waals surface area contributed by atoms with Gasteiger partial charge in [-0.25, -0.2) is 4.79 Å². The number of aliphatic hydroxyl groups is 1. The molecule has 15 heavy (non-hydrogen) atoms. The Morgan fingerprint density at radius 3 is 2.47 bits per heavy atom. The first kappa shape index (κ1) is 12.5. The minimum atomic E-state index is -0.507. The van der Waals surface area contributed by atoms with Gasteiger partial charge in [0.2, 0.25) is 0 Å². The molecule has 1 aliphatic rings. The van der Waals surface area contributed by atoms with E-state index in [2.05, 4.69) is 20.8 Å². The van der Waals surface area contributed by atoms with E-state index in [9.17, 15) is 4.79 Å². The number of carbonyl (C=O) groups excluding carboxylic acids is 1.